The second-order valence-corrected chi connectivity index (χ2v) is 10.8. The highest BCUT2D eigenvalue weighted by Crippen LogP contribution is 2.06. The molecule has 0 unspecified atom stereocenters. The van der Waals surface area contributed by atoms with Gasteiger partial charge in [-0.3, -0.25) is 9.63 Å². The summed E-state index contributed by atoms with van der Waals surface area (Å²) >= 11 is 4.86. The van der Waals surface area contributed by atoms with Gasteiger partial charge in [-0.05, 0) is 54.5 Å². The lowest BCUT2D eigenvalue weighted by molar-refractivity contribution is -0.177. The van der Waals surface area contributed by atoms with Crippen LogP contribution in [0.3, 0.4) is 0 Å². The number of morpholine rings is 1. The number of likely N-dealkylation sites (N-methyl/N-ethyl adjacent to an activating group) is 2. The Kier molecular flexibility index (Phi) is 36.4. The number of ether oxygens (including phenoxy) is 4. The summed E-state index contributed by atoms with van der Waals surface area (Å²) in [7, 11) is 8.38. The highest BCUT2D eigenvalue weighted by atomic mass is 35.5. The number of hydroxylamine groups is 3. The fraction of sp³-hybridized carbons (Fsp3) is 0.885. The van der Waals surface area contributed by atoms with Crippen molar-refractivity contribution in [1.29, 1.82) is 0 Å². The van der Waals surface area contributed by atoms with Crippen LogP contribution < -0.4 is 5.48 Å². The van der Waals surface area contributed by atoms with E-state index in [1.54, 1.807) is 21.2 Å². The van der Waals surface area contributed by atoms with Crippen molar-refractivity contribution in [2.45, 2.75) is 66.6 Å². The third-order valence-corrected chi connectivity index (χ3v) is 3.96. The number of carboxylic acids is 1. The number of nitrogens with one attached hydrogen (secondary N) is 1. The molecule has 0 aromatic carbocycles. The van der Waals surface area contributed by atoms with E-state index in [1.165, 1.54) is 7.11 Å². The third kappa shape index (κ3) is 55.3. The summed E-state index contributed by atoms with van der Waals surface area (Å²) in [5, 5.41) is 9.30. The number of carboxylic acid groups (broad SMARTS) is 1. The Bertz CT molecular complexity index is 624. The smallest absolute Gasteiger partial charge is 0.403 e. The Hall–Kier alpha value is -1.29. The van der Waals surface area contributed by atoms with E-state index in [0.717, 1.165) is 31.4 Å². The van der Waals surface area contributed by atoms with Gasteiger partial charge < -0.3 is 33.8 Å². The summed E-state index contributed by atoms with van der Waals surface area (Å²) in [4.78, 5) is 42.1. The molecule has 0 aromatic rings. The summed E-state index contributed by atoms with van der Waals surface area (Å²) in [6.07, 6.45) is 0. The first kappa shape index (κ1) is 49.4. The van der Waals surface area contributed by atoms with Crippen molar-refractivity contribution >= 4 is 41.3 Å². The Morgan fingerprint density at radius 3 is 1.61 bits per heavy atom. The maximum Gasteiger partial charge on any atom is 0.403 e. The standard InChI is InChI=1S/C8H17NO3.C6H12O3.C5H9ClO2.C5H11NO.C2H7NO.ClH/c1-8(2,3)12-6-7(10)9(4)11-5;1-6(2,3)9-4-5(7)8;1-4(2)3-8-5(6)7;1-6-2-4-7-5-3-6;1-3-4-2;/h6H2,1-5H3;4H2,1-3H3,(H,7,8);4H,3H2,1-2H3;2-5H2,1H3;3H,1-2H3;1H. The van der Waals surface area contributed by atoms with Crippen molar-refractivity contribution < 1.29 is 48.1 Å². The number of nitrogens with zero attached hydrogens (tertiary/aromatic N) is 2. The van der Waals surface area contributed by atoms with Gasteiger partial charge in [-0.25, -0.2) is 20.1 Å². The van der Waals surface area contributed by atoms with E-state index in [4.69, 9.17) is 30.9 Å². The summed E-state index contributed by atoms with van der Waals surface area (Å²) in [6.45, 7) is 19.3. The van der Waals surface area contributed by atoms with Gasteiger partial charge in [0.15, 0.2) is 0 Å². The van der Waals surface area contributed by atoms with Gasteiger partial charge in [-0.1, -0.05) is 13.8 Å². The SMILES string of the molecule is CC(C)(C)OCC(=O)O.CC(C)COC(=O)Cl.CN1CCOCC1.CNOC.CON(C)C(=O)COC(C)(C)C.Cl. The Morgan fingerprint density at radius 1 is 1.00 bits per heavy atom. The van der Waals surface area contributed by atoms with Gasteiger partial charge in [-0.2, -0.15) is 0 Å². The molecule has 0 saturated carbocycles. The first-order valence-electron chi connectivity index (χ1n) is 12.8. The molecule has 1 aliphatic heterocycles. The minimum Gasteiger partial charge on any atom is -0.480 e. The average Bonchev–Trinajstić information content (AvgIpc) is 2.85. The van der Waals surface area contributed by atoms with Crippen LogP contribution >= 0.6 is 24.0 Å². The van der Waals surface area contributed by atoms with Crippen molar-refractivity contribution in [3.63, 3.8) is 0 Å². The maximum absolute atomic E-state index is 11.1. The van der Waals surface area contributed by atoms with E-state index < -0.39 is 11.4 Å². The minimum absolute atomic E-state index is 0. The molecular weight excluding hydrogens is 585 g/mol. The maximum atomic E-state index is 11.1. The molecule has 41 heavy (non-hydrogen) atoms. The van der Waals surface area contributed by atoms with Gasteiger partial charge in [-0.15, -0.1) is 12.4 Å². The molecule has 1 amide bonds. The molecule has 1 aliphatic rings. The van der Waals surface area contributed by atoms with Crippen molar-refractivity contribution in [2.75, 3.05) is 81.5 Å². The number of halogens is 2. The number of rotatable bonds is 8. The van der Waals surface area contributed by atoms with Crippen LogP contribution in [0, 0.1) is 5.92 Å². The lowest BCUT2D eigenvalue weighted by Gasteiger charge is -2.21. The van der Waals surface area contributed by atoms with E-state index in [-0.39, 0.29) is 42.7 Å². The van der Waals surface area contributed by atoms with E-state index in [9.17, 15) is 14.4 Å². The van der Waals surface area contributed by atoms with Crippen molar-refractivity contribution in [1.82, 2.24) is 15.4 Å². The van der Waals surface area contributed by atoms with E-state index >= 15 is 0 Å². The quantitative estimate of drug-likeness (QED) is 0.293. The largest absolute Gasteiger partial charge is 0.480 e. The van der Waals surface area contributed by atoms with Crippen molar-refractivity contribution in [3.8, 4) is 0 Å². The second kappa shape index (κ2) is 30.2. The molecule has 0 spiro atoms. The average molecular weight is 643 g/mol. The molecule has 13 nitrogen and oxygen atoms in total. The Labute approximate surface area is 258 Å². The summed E-state index contributed by atoms with van der Waals surface area (Å²) < 4.78 is 19.7. The molecular formula is C26H57Cl2N3O10. The number of carbonyl (C=O) groups is 3. The predicted octanol–water partition coefficient (Wildman–Crippen LogP) is 3.86. The lowest BCUT2D eigenvalue weighted by atomic mass is 10.2. The predicted molar refractivity (Wildman–Crippen MR) is 162 cm³/mol. The zero-order chi connectivity index (χ0) is 32.4. The summed E-state index contributed by atoms with van der Waals surface area (Å²) in [5.74, 6) is -0.755. The third-order valence-electron chi connectivity index (χ3n) is 3.85. The number of hydrogen-bond donors (Lipinski definition) is 2. The molecule has 2 N–H and O–H groups in total. The van der Waals surface area contributed by atoms with Gasteiger partial charge >= 0.3 is 11.4 Å². The van der Waals surface area contributed by atoms with Gasteiger partial charge in [0.1, 0.15) is 13.2 Å². The van der Waals surface area contributed by atoms with Gasteiger partial charge in [0.25, 0.3) is 5.91 Å². The minimum atomic E-state index is -0.926. The molecule has 0 atom stereocenters. The van der Waals surface area contributed by atoms with Crippen LogP contribution in [0.2, 0.25) is 0 Å². The molecule has 0 aromatic heterocycles. The van der Waals surface area contributed by atoms with Crippen molar-refractivity contribution in [3.05, 3.63) is 0 Å². The monoisotopic (exact) mass is 641 g/mol. The number of hydrogen-bond acceptors (Lipinski definition) is 11. The van der Waals surface area contributed by atoms with Crippen LogP contribution in [-0.2, 0) is 38.2 Å². The summed E-state index contributed by atoms with van der Waals surface area (Å²) in [5.41, 5.74) is 1.07. The van der Waals surface area contributed by atoms with Crippen LogP contribution in [0.4, 0.5) is 4.79 Å². The van der Waals surface area contributed by atoms with E-state index in [1.807, 2.05) is 55.4 Å². The topological polar surface area (TPSA) is 145 Å². The van der Waals surface area contributed by atoms with Crippen LogP contribution in [-0.4, -0.2) is 125 Å². The van der Waals surface area contributed by atoms with Gasteiger partial charge in [0.2, 0.25) is 0 Å². The fourth-order valence-electron chi connectivity index (χ4n) is 1.64. The summed E-state index contributed by atoms with van der Waals surface area (Å²) in [6, 6.07) is 0. The Balaban J connectivity index is -0.000000135. The lowest BCUT2D eigenvalue weighted by Crippen LogP contribution is -2.33. The number of amides is 1. The normalized spacial score (nSPS) is 12.8. The molecule has 1 saturated heterocycles. The van der Waals surface area contributed by atoms with Crippen LogP contribution in [0.15, 0.2) is 0 Å². The van der Waals surface area contributed by atoms with Gasteiger partial charge in [0.05, 0.1) is 45.2 Å². The van der Waals surface area contributed by atoms with Crippen LogP contribution in [0.25, 0.3) is 0 Å². The highest BCUT2D eigenvalue weighted by Gasteiger charge is 2.15. The molecule has 0 aliphatic carbocycles. The highest BCUT2D eigenvalue weighted by molar-refractivity contribution is 6.61. The first-order valence-corrected chi connectivity index (χ1v) is 13.2. The molecule has 250 valence electrons. The molecule has 0 bridgehead atoms. The van der Waals surface area contributed by atoms with Crippen LogP contribution in [0.5, 0.6) is 0 Å². The van der Waals surface area contributed by atoms with Gasteiger partial charge in [0, 0.05) is 38.8 Å². The number of aliphatic carboxylic acids is 1. The molecule has 15 heteroatoms. The zero-order valence-corrected chi connectivity index (χ0v) is 28.9. The van der Waals surface area contributed by atoms with E-state index in [2.05, 4.69) is 31.8 Å². The molecule has 0 radical (unpaired) electrons. The fourth-order valence-corrected chi connectivity index (χ4v) is 1.70. The van der Waals surface area contributed by atoms with Crippen LogP contribution in [0.1, 0.15) is 55.4 Å². The number of carbonyl (C=O) groups excluding carboxylic acids is 2. The van der Waals surface area contributed by atoms with E-state index in [0.29, 0.717) is 12.5 Å². The molecule has 1 rings (SSSR count). The first-order chi connectivity index (χ1) is 18.2. The zero-order valence-electron chi connectivity index (χ0n) is 27.3. The van der Waals surface area contributed by atoms with Crippen molar-refractivity contribution in [2.24, 2.45) is 5.92 Å². The molecule has 1 heterocycles. The Morgan fingerprint density at radius 2 is 1.41 bits per heavy atom. The molecule has 1 fully saturated rings. The second-order valence-electron chi connectivity index (χ2n) is 10.5.